The predicted octanol–water partition coefficient (Wildman–Crippen LogP) is -0.139. The molecule has 0 aromatic carbocycles. The van der Waals surface area contributed by atoms with Crippen LogP contribution in [0.2, 0.25) is 0 Å². The third-order valence-corrected chi connectivity index (χ3v) is 1.94. The first-order valence-electron chi connectivity index (χ1n) is 3.66. The highest BCUT2D eigenvalue weighted by molar-refractivity contribution is 7.80. The van der Waals surface area contributed by atoms with Gasteiger partial charge in [0.15, 0.2) is 5.11 Å². The zero-order valence-electron chi connectivity index (χ0n) is 6.70. The van der Waals surface area contributed by atoms with Crippen LogP contribution in [0, 0.1) is 5.92 Å². The van der Waals surface area contributed by atoms with Crippen LogP contribution >= 0.6 is 12.2 Å². The summed E-state index contributed by atoms with van der Waals surface area (Å²) in [4.78, 5) is 15.2. The summed E-state index contributed by atoms with van der Waals surface area (Å²) >= 11 is 4.71. The van der Waals surface area contributed by atoms with E-state index in [0.29, 0.717) is 12.1 Å². The Morgan fingerprint density at radius 1 is 1.75 bits per heavy atom. The fraction of sp³-hybridized carbons (Fsp3) is 0.571. The highest BCUT2D eigenvalue weighted by Crippen LogP contribution is 2.10. The average Bonchev–Trinajstić information content (AvgIpc) is 1.96. The SMILES string of the molecule is CC1=NC(=S)NC(=O)C1CCO. The fourth-order valence-corrected chi connectivity index (χ4v) is 1.36. The summed E-state index contributed by atoms with van der Waals surface area (Å²) in [7, 11) is 0. The van der Waals surface area contributed by atoms with E-state index < -0.39 is 0 Å². The van der Waals surface area contributed by atoms with Gasteiger partial charge in [-0.2, -0.15) is 0 Å². The van der Waals surface area contributed by atoms with Gasteiger partial charge >= 0.3 is 0 Å². The molecule has 0 saturated heterocycles. The fourth-order valence-electron chi connectivity index (χ4n) is 1.12. The molecule has 1 unspecified atom stereocenters. The summed E-state index contributed by atoms with van der Waals surface area (Å²) in [6.45, 7) is 1.73. The summed E-state index contributed by atoms with van der Waals surface area (Å²) in [5, 5.41) is 11.3. The maximum Gasteiger partial charge on any atom is 0.235 e. The first kappa shape index (κ1) is 9.28. The number of thiocarbonyl (C=S) groups is 1. The Morgan fingerprint density at radius 3 is 2.92 bits per heavy atom. The Morgan fingerprint density at radius 2 is 2.42 bits per heavy atom. The number of carbonyl (C=O) groups is 1. The number of nitrogens with one attached hydrogen (secondary N) is 1. The van der Waals surface area contributed by atoms with E-state index in [2.05, 4.69) is 10.3 Å². The number of nitrogens with zero attached hydrogens (tertiary/aromatic N) is 1. The molecule has 1 heterocycles. The van der Waals surface area contributed by atoms with Crippen LogP contribution in [0.3, 0.4) is 0 Å². The average molecular weight is 186 g/mol. The summed E-state index contributed by atoms with van der Waals surface area (Å²) < 4.78 is 0. The monoisotopic (exact) mass is 186 g/mol. The van der Waals surface area contributed by atoms with Crippen molar-refractivity contribution in [1.29, 1.82) is 0 Å². The largest absolute Gasteiger partial charge is 0.396 e. The molecule has 0 saturated carbocycles. The van der Waals surface area contributed by atoms with E-state index in [1.54, 1.807) is 6.92 Å². The molecule has 0 aromatic rings. The quantitative estimate of drug-likeness (QED) is 0.590. The molecule has 1 atom stereocenters. The molecule has 1 aliphatic heterocycles. The molecule has 0 spiro atoms. The van der Waals surface area contributed by atoms with Gasteiger partial charge in [0.25, 0.3) is 0 Å². The molecule has 0 fully saturated rings. The molecule has 1 amide bonds. The minimum Gasteiger partial charge on any atom is -0.396 e. The lowest BCUT2D eigenvalue weighted by Gasteiger charge is -2.19. The zero-order valence-corrected chi connectivity index (χ0v) is 7.52. The van der Waals surface area contributed by atoms with E-state index >= 15 is 0 Å². The Labute approximate surface area is 75.7 Å². The molecule has 12 heavy (non-hydrogen) atoms. The molecule has 5 heteroatoms. The van der Waals surface area contributed by atoms with Gasteiger partial charge in [-0.25, -0.2) is 4.99 Å². The summed E-state index contributed by atoms with van der Waals surface area (Å²) in [6.07, 6.45) is 0.407. The van der Waals surface area contributed by atoms with Crippen molar-refractivity contribution < 1.29 is 9.90 Å². The van der Waals surface area contributed by atoms with Crippen LogP contribution < -0.4 is 5.32 Å². The molecule has 0 aromatic heterocycles. The Bertz CT molecular complexity index is 250. The normalized spacial score (nSPS) is 23.5. The van der Waals surface area contributed by atoms with Crippen molar-refractivity contribution in [3.05, 3.63) is 0 Å². The van der Waals surface area contributed by atoms with Crippen molar-refractivity contribution >= 4 is 28.9 Å². The van der Waals surface area contributed by atoms with E-state index in [4.69, 9.17) is 17.3 Å². The first-order valence-corrected chi connectivity index (χ1v) is 4.07. The minimum atomic E-state index is -0.318. The standard InChI is InChI=1S/C7H10N2O2S/c1-4-5(2-3-10)6(11)9-7(12)8-4/h5,10H,2-3H2,1H3,(H,9,11,12). The molecule has 0 radical (unpaired) electrons. The minimum absolute atomic E-state index is 0.0162. The van der Waals surface area contributed by atoms with E-state index in [1.165, 1.54) is 0 Å². The second-order valence-electron chi connectivity index (χ2n) is 2.61. The Hall–Kier alpha value is -0.810. The number of hydrogen-bond acceptors (Lipinski definition) is 3. The lowest BCUT2D eigenvalue weighted by molar-refractivity contribution is -0.122. The van der Waals surface area contributed by atoms with Gasteiger partial charge < -0.3 is 10.4 Å². The number of carbonyl (C=O) groups excluding carboxylic acids is 1. The van der Waals surface area contributed by atoms with Gasteiger partial charge in [0.05, 0.1) is 5.92 Å². The van der Waals surface area contributed by atoms with Crippen molar-refractivity contribution in [1.82, 2.24) is 5.32 Å². The van der Waals surface area contributed by atoms with Gasteiger partial charge in [-0.15, -0.1) is 0 Å². The van der Waals surface area contributed by atoms with Gasteiger partial charge in [-0.05, 0) is 25.6 Å². The third-order valence-electron chi connectivity index (χ3n) is 1.75. The van der Waals surface area contributed by atoms with Crippen molar-refractivity contribution in [3.63, 3.8) is 0 Å². The predicted molar refractivity (Wildman–Crippen MR) is 49.0 cm³/mol. The topological polar surface area (TPSA) is 61.7 Å². The van der Waals surface area contributed by atoms with Crippen LogP contribution in [0.1, 0.15) is 13.3 Å². The van der Waals surface area contributed by atoms with E-state index in [-0.39, 0.29) is 23.5 Å². The first-order chi connectivity index (χ1) is 5.65. The third kappa shape index (κ3) is 1.86. The van der Waals surface area contributed by atoms with Crippen molar-refractivity contribution in [3.8, 4) is 0 Å². The van der Waals surface area contributed by atoms with Gasteiger partial charge in [0.1, 0.15) is 0 Å². The summed E-state index contributed by atoms with van der Waals surface area (Å²) in [5.41, 5.74) is 0.679. The summed E-state index contributed by atoms with van der Waals surface area (Å²) in [5.74, 6) is -0.483. The smallest absolute Gasteiger partial charge is 0.235 e. The molecule has 0 bridgehead atoms. The van der Waals surface area contributed by atoms with Gasteiger partial charge in [0, 0.05) is 12.3 Å². The van der Waals surface area contributed by atoms with Crippen LogP contribution in [0.4, 0.5) is 0 Å². The molecule has 1 aliphatic rings. The van der Waals surface area contributed by atoms with Crippen LogP contribution in [0.25, 0.3) is 0 Å². The highest BCUT2D eigenvalue weighted by Gasteiger charge is 2.25. The molecule has 4 nitrogen and oxygen atoms in total. The van der Waals surface area contributed by atoms with Crippen LogP contribution in [-0.4, -0.2) is 28.4 Å². The zero-order chi connectivity index (χ0) is 9.14. The van der Waals surface area contributed by atoms with Crippen LogP contribution in [-0.2, 0) is 4.79 Å². The lowest BCUT2D eigenvalue weighted by atomic mass is 9.99. The molecule has 0 aliphatic carbocycles. The Balaban J connectivity index is 2.78. The second kappa shape index (κ2) is 3.73. The van der Waals surface area contributed by atoms with Crippen LogP contribution in [0.15, 0.2) is 4.99 Å². The highest BCUT2D eigenvalue weighted by atomic mass is 32.1. The number of aliphatic hydroxyl groups excluding tert-OH is 1. The number of hydrogen-bond donors (Lipinski definition) is 2. The van der Waals surface area contributed by atoms with Gasteiger partial charge in [-0.1, -0.05) is 0 Å². The number of aliphatic imine (C=N–C) groups is 1. The van der Waals surface area contributed by atoms with Gasteiger partial charge in [-0.3, -0.25) is 4.79 Å². The molecule has 66 valence electrons. The number of aliphatic hydroxyl groups is 1. The Kier molecular flexibility index (Phi) is 2.88. The van der Waals surface area contributed by atoms with Crippen LogP contribution in [0.5, 0.6) is 0 Å². The van der Waals surface area contributed by atoms with Gasteiger partial charge in [0.2, 0.25) is 5.91 Å². The maximum absolute atomic E-state index is 11.2. The number of amides is 1. The van der Waals surface area contributed by atoms with Crippen molar-refractivity contribution in [2.45, 2.75) is 13.3 Å². The molecular weight excluding hydrogens is 176 g/mol. The molecular formula is C7H10N2O2S. The maximum atomic E-state index is 11.2. The van der Waals surface area contributed by atoms with E-state index in [1.807, 2.05) is 0 Å². The molecule has 2 N–H and O–H groups in total. The number of rotatable bonds is 2. The van der Waals surface area contributed by atoms with E-state index in [9.17, 15) is 4.79 Å². The molecule has 1 rings (SSSR count). The van der Waals surface area contributed by atoms with Crippen molar-refractivity contribution in [2.75, 3.05) is 6.61 Å². The van der Waals surface area contributed by atoms with E-state index in [0.717, 1.165) is 0 Å². The summed E-state index contributed by atoms with van der Waals surface area (Å²) in [6, 6.07) is 0. The lowest BCUT2D eigenvalue weighted by Crippen LogP contribution is -2.42. The van der Waals surface area contributed by atoms with Crippen molar-refractivity contribution in [2.24, 2.45) is 10.9 Å². The second-order valence-corrected chi connectivity index (χ2v) is 3.00.